The van der Waals surface area contributed by atoms with E-state index in [0.29, 0.717) is 21.9 Å². The lowest BCUT2D eigenvalue weighted by atomic mass is 10.1. The van der Waals surface area contributed by atoms with Crippen LogP contribution in [0.5, 0.6) is 0 Å². The van der Waals surface area contributed by atoms with Gasteiger partial charge in [-0.05, 0) is 36.2 Å². The van der Waals surface area contributed by atoms with E-state index in [1.165, 1.54) is 11.3 Å². The first-order valence-corrected chi connectivity index (χ1v) is 9.12. The Morgan fingerprint density at radius 1 is 1.23 bits per heavy atom. The Morgan fingerprint density at radius 3 is 2.96 bits per heavy atom. The number of fused-ring (bicyclic) bond motifs is 4. The number of aromatic nitrogens is 4. The minimum absolute atomic E-state index is 0.0976. The predicted molar refractivity (Wildman–Crippen MR) is 102 cm³/mol. The van der Waals surface area contributed by atoms with Crippen LogP contribution in [-0.2, 0) is 6.42 Å². The molecular formula is C19H14N4O2S. The van der Waals surface area contributed by atoms with Crippen molar-refractivity contribution in [2.24, 2.45) is 0 Å². The maximum atomic E-state index is 13.1. The fourth-order valence-corrected chi connectivity index (χ4v) is 4.35. The predicted octanol–water partition coefficient (Wildman–Crippen LogP) is 4.01. The topological polar surface area (TPSA) is 73.8 Å². The highest BCUT2D eigenvalue weighted by atomic mass is 32.1. The summed E-state index contributed by atoms with van der Waals surface area (Å²) in [6.07, 6.45) is 4.24. The zero-order valence-electron chi connectivity index (χ0n) is 14.2. The molecule has 128 valence electrons. The van der Waals surface area contributed by atoms with Crippen LogP contribution in [0.4, 0.5) is 0 Å². The highest BCUT2D eigenvalue weighted by Crippen LogP contribution is 2.31. The van der Waals surface area contributed by atoms with E-state index in [1.54, 1.807) is 24.0 Å². The van der Waals surface area contributed by atoms with Gasteiger partial charge in [-0.2, -0.15) is 0 Å². The Morgan fingerprint density at radius 2 is 2.12 bits per heavy atom. The number of hydrogen-bond donors (Lipinski definition) is 0. The van der Waals surface area contributed by atoms with Crippen LogP contribution in [0, 0.1) is 6.92 Å². The molecule has 0 spiro atoms. The van der Waals surface area contributed by atoms with E-state index < -0.39 is 0 Å². The van der Waals surface area contributed by atoms with Crippen molar-refractivity contribution < 1.29 is 4.42 Å². The number of nitrogens with zero attached hydrogens (tertiary/aromatic N) is 4. The van der Waals surface area contributed by atoms with Crippen molar-refractivity contribution in [3.8, 4) is 5.69 Å². The second-order valence-electron chi connectivity index (χ2n) is 6.09. The van der Waals surface area contributed by atoms with E-state index in [0.717, 1.165) is 33.2 Å². The molecule has 0 radical (unpaired) electrons. The summed E-state index contributed by atoms with van der Waals surface area (Å²) in [5, 5.41) is 0.988. The molecule has 0 atom stereocenters. The zero-order valence-corrected chi connectivity index (χ0v) is 15.0. The first kappa shape index (κ1) is 15.2. The summed E-state index contributed by atoms with van der Waals surface area (Å²) in [7, 11) is 0. The lowest BCUT2D eigenvalue weighted by Crippen LogP contribution is -2.17. The van der Waals surface area contributed by atoms with Crippen molar-refractivity contribution in [3.05, 3.63) is 58.6 Å². The quantitative estimate of drug-likeness (QED) is 0.474. The van der Waals surface area contributed by atoms with Crippen molar-refractivity contribution in [1.29, 1.82) is 0 Å². The molecule has 1 aromatic carbocycles. The lowest BCUT2D eigenvalue weighted by molar-refractivity contribution is 0.561. The average Bonchev–Trinajstić information content (AvgIpc) is 3.21. The summed E-state index contributed by atoms with van der Waals surface area (Å²) in [4.78, 5) is 27.3. The molecule has 0 aliphatic heterocycles. The van der Waals surface area contributed by atoms with E-state index in [-0.39, 0.29) is 5.56 Å². The van der Waals surface area contributed by atoms with Crippen LogP contribution in [0.3, 0.4) is 0 Å². The minimum Gasteiger partial charge on any atom is -0.441 e. The van der Waals surface area contributed by atoms with Gasteiger partial charge in [0.2, 0.25) is 0 Å². The van der Waals surface area contributed by atoms with Crippen molar-refractivity contribution >= 4 is 42.9 Å². The van der Waals surface area contributed by atoms with Crippen LogP contribution >= 0.6 is 11.3 Å². The first-order chi connectivity index (χ1) is 12.7. The van der Waals surface area contributed by atoms with Gasteiger partial charge in [0.1, 0.15) is 21.4 Å². The van der Waals surface area contributed by atoms with E-state index in [9.17, 15) is 4.79 Å². The molecule has 0 fully saturated rings. The van der Waals surface area contributed by atoms with Crippen molar-refractivity contribution in [3.63, 3.8) is 0 Å². The Bertz CT molecular complexity index is 1360. The standard InChI is InChI=1S/C19H14N4O2S/c1-3-11-6-7-20-18-15(11)16-17(26-18)19(24)23(9-21-16)12-4-5-14-13(8-12)22-10(2)25-14/h4-9H,3H2,1-2H3. The van der Waals surface area contributed by atoms with Crippen molar-refractivity contribution in [1.82, 2.24) is 19.5 Å². The second kappa shape index (κ2) is 5.47. The molecule has 0 aliphatic rings. The Hall–Kier alpha value is -3.06. The third-order valence-electron chi connectivity index (χ3n) is 4.51. The summed E-state index contributed by atoms with van der Waals surface area (Å²) in [5.41, 5.74) is 3.93. The number of pyridine rings is 1. The first-order valence-electron chi connectivity index (χ1n) is 8.31. The molecule has 0 amide bonds. The van der Waals surface area contributed by atoms with E-state index in [4.69, 9.17) is 4.42 Å². The monoisotopic (exact) mass is 362 g/mol. The van der Waals surface area contributed by atoms with Gasteiger partial charge in [0, 0.05) is 18.5 Å². The molecule has 5 rings (SSSR count). The molecule has 0 saturated heterocycles. The normalized spacial score (nSPS) is 11.8. The summed E-state index contributed by atoms with van der Waals surface area (Å²) in [5.74, 6) is 0.598. The van der Waals surface area contributed by atoms with Gasteiger partial charge >= 0.3 is 0 Å². The summed E-state index contributed by atoms with van der Waals surface area (Å²) in [6.45, 7) is 3.89. The largest absolute Gasteiger partial charge is 0.441 e. The SMILES string of the molecule is CCc1ccnc2sc3c(=O)n(-c4ccc5oc(C)nc5c4)cnc3c12. The van der Waals surface area contributed by atoms with Crippen LogP contribution in [0.25, 0.3) is 37.2 Å². The molecule has 0 unspecified atom stereocenters. The van der Waals surface area contributed by atoms with Gasteiger partial charge in [-0.25, -0.2) is 15.0 Å². The second-order valence-corrected chi connectivity index (χ2v) is 7.09. The Kier molecular flexibility index (Phi) is 3.20. The van der Waals surface area contributed by atoms with Crippen molar-refractivity contribution in [2.45, 2.75) is 20.3 Å². The molecule has 4 aromatic heterocycles. The summed E-state index contributed by atoms with van der Waals surface area (Å²) in [6, 6.07) is 7.49. The van der Waals surface area contributed by atoms with Crippen LogP contribution in [0.15, 0.2) is 46.0 Å². The summed E-state index contributed by atoms with van der Waals surface area (Å²) < 4.78 is 7.67. The van der Waals surface area contributed by atoms with Gasteiger partial charge in [0.05, 0.1) is 11.2 Å². The smallest absolute Gasteiger partial charge is 0.275 e. The number of hydrogen-bond acceptors (Lipinski definition) is 6. The summed E-state index contributed by atoms with van der Waals surface area (Å²) >= 11 is 1.39. The highest BCUT2D eigenvalue weighted by molar-refractivity contribution is 7.25. The molecule has 7 heteroatoms. The molecular weight excluding hydrogens is 348 g/mol. The third-order valence-corrected chi connectivity index (χ3v) is 5.58. The molecule has 0 saturated carbocycles. The number of thiophene rings is 1. The van der Waals surface area contributed by atoms with E-state index >= 15 is 0 Å². The van der Waals surface area contributed by atoms with E-state index in [2.05, 4.69) is 21.9 Å². The average molecular weight is 362 g/mol. The molecule has 0 bridgehead atoms. The van der Waals surface area contributed by atoms with Gasteiger partial charge in [-0.15, -0.1) is 11.3 Å². The lowest BCUT2D eigenvalue weighted by Gasteiger charge is -2.05. The number of aryl methyl sites for hydroxylation is 2. The van der Waals surface area contributed by atoms with Crippen LogP contribution in [-0.4, -0.2) is 19.5 Å². The molecule has 0 N–H and O–H groups in total. The van der Waals surface area contributed by atoms with Gasteiger partial charge in [0.15, 0.2) is 11.5 Å². The van der Waals surface area contributed by atoms with Gasteiger partial charge in [-0.3, -0.25) is 9.36 Å². The van der Waals surface area contributed by atoms with Crippen molar-refractivity contribution in [2.75, 3.05) is 0 Å². The van der Waals surface area contributed by atoms with Crippen LogP contribution in [0.1, 0.15) is 18.4 Å². The van der Waals surface area contributed by atoms with Gasteiger partial charge in [0.25, 0.3) is 5.56 Å². The van der Waals surface area contributed by atoms with Crippen LogP contribution in [0.2, 0.25) is 0 Å². The molecule has 0 aliphatic carbocycles. The number of benzene rings is 1. The Labute approximate surface area is 151 Å². The number of oxazole rings is 1. The molecule has 4 heterocycles. The fourth-order valence-electron chi connectivity index (χ4n) is 3.27. The maximum Gasteiger partial charge on any atom is 0.275 e. The highest BCUT2D eigenvalue weighted by Gasteiger charge is 2.16. The maximum absolute atomic E-state index is 13.1. The minimum atomic E-state index is -0.0976. The Balaban J connectivity index is 1.79. The third kappa shape index (κ3) is 2.10. The fraction of sp³-hybridized carbons (Fsp3) is 0.158. The van der Waals surface area contributed by atoms with E-state index in [1.807, 2.05) is 24.3 Å². The molecule has 5 aromatic rings. The van der Waals surface area contributed by atoms with Gasteiger partial charge in [-0.1, -0.05) is 6.92 Å². The zero-order chi connectivity index (χ0) is 17.8. The van der Waals surface area contributed by atoms with Gasteiger partial charge < -0.3 is 4.42 Å². The van der Waals surface area contributed by atoms with Crippen LogP contribution < -0.4 is 5.56 Å². The molecule has 26 heavy (non-hydrogen) atoms. The molecule has 6 nitrogen and oxygen atoms in total. The number of rotatable bonds is 2.